The van der Waals surface area contributed by atoms with Gasteiger partial charge in [-0.05, 0) is 27.7 Å². The average Bonchev–Trinajstić information content (AvgIpc) is 2.59. The van der Waals surface area contributed by atoms with Crippen LogP contribution in [-0.4, -0.2) is 31.3 Å². The predicted octanol–water partition coefficient (Wildman–Crippen LogP) is 2.40. The highest BCUT2D eigenvalue weighted by Gasteiger charge is 2.27. The molecule has 6 nitrogen and oxygen atoms in total. The minimum absolute atomic E-state index is 0.0404. The van der Waals surface area contributed by atoms with Gasteiger partial charge in [-0.15, -0.1) is 5.10 Å². The van der Waals surface area contributed by atoms with Crippen molar-refractivity contribution in [2.45, 2.75) is 60.9 Å². The number of carboxylic acids is 1. The first-order chi connectivity index (χ1) is 8.98. The number of carboxylic acid groups (broad SMARTS) is 1. The summed E-state index contributed by atoms with van der Waals surface area (Å²) in [6.07, 6.45) is 1.32. The van der Waals surface area contributed by atoms with Crippen molar-refractivity contribution >= 4 is 5.97 Å². The lowest BCUT2D eigenvalue weighted by Crippen LogP contribution is -2.27. The van der Waals surface area contributed by atoms with E-state index in [9.17, 15) is 9.90 Å². The zero-order chi connectivity index (χ0) is 15.6. The SMILES string of the molecule is CC(C)(C)Cc1nnnn1CC(CC(C)(C)C)C(=O)O. The number of hydrogen-bond donors (Lipinski definition) is 1. The minimum Gasteiger partial charge on any atom is -0.481 e. The van der Waals surface area contributed by atoms with Crippen molar-refractivity contribution in [3.05, 3.63) is 5.82 Å². The van der Waals surface area contributed by atoms with Crippen LogP contribution in [0.2, 0.25) is 0 Å². The van der Waals surface area contributed by atoms with E-state index in [1.165, 1.54) is 0 Å². The van der Waals surface area contributed by atoms with Crippen molar-refractivity contribution in [1.29, 1.82) is 0 Å². The Bertz CT molecular complexity index is 454. The molecule has 0 aliphatic carbocycles. The molecule has 1 aromatic heterocycles. The summed E-state index contributed by atoms with van der Waals surface area (Å²) in [5.74, 6) is -0.521. The lowest BCUT2D eigenvalue weighted by molar-refractivity contribution is -0.143. The molecule has 0 amide bonds. The quantitative estimate of drug-likeness (QED) is 0.896. The Hall–Kier alpha value is -1.46. The van der Waals surface area contributed by atoms with Crippen LogP contribution in [0.25, 0.3) is 0 Å². The third-order valence-corrected chi connectivity index (χ3v) is 2.90. The Kier molecular flexibility index (Phi) is 4.89. The monoisotopic (exact) mass is 282 g/mol. The molecule has 0 bridgehead atoms. The highest BCUT2D eigenvalue weighted by atomic mass is 16.4. The Balaban J connectivity index is 2.85. The molecular formula is C14H26N4O2. The number of carbonyl (C=O) groups is 1. The number of aromatic nitrogens is 4. The molecule has 0 aromatic carbocycles. The zero-order valence-corrected chi connectivity index (χ0v) is 13.3. The summed E-state index contributed by atoms with van der Waals surface area (Å²) in [5, 5.41) is 21.0. The first kappa shape index (κ1) is 16.6. The highest BCUT2D eigenvalue weighted by Crippen LogP contribution is 2.26. The Labute approximate surface area is 120 Å². The standard InChI is InChI=1S/C14H26N4O2/c1-13(2,3)7-10(12(19)20)9-18-11(15-16-17-18)8-14(4,5)6/h10H,7-9H2,1-6H3,(H,19,20). The molecule has 0 fully saturated rings. The van der Waals surface area contributed by atoms with Crippen molar-refractivity contribution < 1.29 is 9.90 Å². The third kappa shape index (κ3) is 5.67. The maximum absolute atomic E-state index is 11.4. The van der Waals surface area contributed by atoms with E-state index in [1.807, 2.05) is 20.8 Å². The number of aliphatic carboxylic acids is 1. The van der Waals surface area contributed by atoms with Crippen molar-refractivity contribution in [1.82, 2.24) is 20.2 Å². The van der Waals surface area contributed by atoms with Gasteiger partial charge in [0, 0.05) is 6.42 Å². The van der Waals surface area contributed by atoms with E-state index in [2.05, 4.69) is 36.3 Å². The summed E-state index contributed by atoms with van der Waals surface area (Å²) in [6, 6.07) is 0. The van der Waals surface area contributed by atoms with Gasteiger partial charge in [0.15, 0.2) is 5.82 Å². The maximum atomic E-state index is 11.4. The molecule has 6 heteroatoms. The van der Waals surface area contributed by atoms with Crippen molar-refractivity contribution in [3.8, 4) is 0 Å². The molecular weight excluding hydrogens is 256 g/mol. The molecule has 1 rings (SSSR count). The second kappa shape index (κ2) is 5.89. The lowest BCUT2D eigenvalue weighted by Gasteiger charge is -2.24. The Morgan fingerprint density at radius 1 is 1.20 bits per heavy atom. The van der Waals surface area contributed by atoms with Gasteiger partial charge in [-0.1, -0.05) is 41.5 Å². The second-order valence-corrected chi connectivity index (χ2v) is 7.81. The van der Waals surface area contributed by atoms with E-state index < -0.39 is 11.9 Å². The van der Waals surface area contributed by atoms with Gasteiger partial charge in [-0.25, -0.2) is 4.68 Å². The fraction of sp³-hybridized carbons (Fsp3) is 0.857. The summed E-state index contributed by atoms with van der Waals surface area (Å²) < 4.78 is 1.63. The van der Waals surface area contributed by atoms with Gasteiger partial charge in [-0.3, -0.25) is 4.79 Å². The van der Waals surface area contributed by atoms with Gasteiger partial charge in [0.1, 0.15) is 0 Å². The lowest BCUT2D eigenvalue weighted by atomic mass is 9.84. The summed E-state index contributed by atoms with van der Waals surface area (Å²) >= 11 is 0. The summed E-state index contributed by atoms with van der Waals surface area (Å²) in [4.78, 5) is 11.4. The molecule has 0 radical (unpaired) electrons. The zero-order valence-electron chi connectivity index (χ0n) is 13.3. The molecule has 20 heavy (non-hydrogen) atoms. The molecule has 0 aliphatic rings. The van der Waals surface area contributed by atoms with Gasteiger partial charge >= 0.3 is 5.97 Å². The van der Waals surface area contributed by atoms with Gasteiger partial charge in [0.05, 0.1) is 12.5 Å². The molecule has 0 saturated heterocycles. The van der Waals surface area contributed by atoms with Gasteiger partial charge in [0.25, 0.3) is 0 Å². The summed E-state index contributed by atoms with van der Waals surface area (Å²) in [5.41, 5.74) is 0.0243. The van der Waals surface area contributed by atoms with E-state index >= 15 is 0 Å². The van der Waals surface area contributed by atoms with E-state index in [-0.39, 0.29) is 10.8 Å². The third-order valence-electron chi connectivity index (χ3n) is 2.90. The maximum Gasteiger partial charge on any atom is 0.308 e. The van der Waals surface area contributed by atoms with Crippen LogP contribution in [0.15, 0.2) is 0 Å². The van der Waals surface area contributed by atoms with Crippen molar-refractivity contribution in [3.63, 3.8) is 0 Å². The smallest absolute Gasteiger partial charge is 0.308 e. The Morgan fingerprint density at radius 3 is 2.25 bits per heavy atom. The van der Waals surface area contributed by atoms with Gasteiger partial charge < -0.3 is 5.11 Å². The van der Waals surface area contributed by atoms with Crippen LogP contribution < -0.4 is 0 Å². The van der Waals surface area contributed by atoms with Crippen LogP contribution in [0.5, 0.6) is 0 Å². The first-order valence-electron chi connectivity index (χ1n) is 6.96. The largest absolute Gasteiger partial charge is 0.481 e. The van der Waals surface area contributed by atoms with Gasteiger partial charge in [-0.2, -0.15) is 0 Å². The van der Waals surface area contributed by atoms with E-state index in [0.717, 1.165) is 12.2 Å². The average molecular weight is 282 g/mol. The molecule has 1 heterocycles. The van der Waals surface area contributed by atoms with E-state index in [4.69, 9.17) is 0 Å². The van der Waals surface area contributed by atoms with Crippen molar-refractivity contribution in [2.24, 2.45) is 16.7 Å². The fourth-order valence-electron chi connectivity index (χ4n) is 2.14. The van der Waals surface area contributed by atoms with Crippen LogP contribution in [0, 0.1) is 16.7 Å². The number of hydrogen-bond acceptors (Lipinski definition) is 4. The number of rotatable bonds is 5. The predicted molar refractivity (Wildman–Crippen MR) is 76.2 cm³/mol. The molecule has 0 spiro atoms. The van der Waals surface area contributed by atoms with Gasteiger partial charge in [0.2, 0.25) is 0 Å². The topological polar surface area (TPSA) is 80.9 Å². The van der Waals surface area contributed by atoms with Crippen LogP contribution in [0.4, 0.5) is 0 Å². The van der Waals surface area contributed by atoms with E-state index in [1.54, 1.807) is 4.68 Å². The van der Waals surface area contributed by atoms with Crippen LogP contribution in [0.3, 0.4) is 0 Å². The Morgan fingerprint density at radius 2 is 1.80 bits per heavy atom. The van der Waals surface area contributed by atoms with Crippen molar-refractivity contribution in [2.75, 3.05) is 0 Å². The fourth-order valence-corrected chi connectivity index (χ4v) is 2.14. The number of tetrazole rings is 1. The summed E-state index contributed by atoms with van der Waals surface area (Å²) in [6.45, 7) is 12.8. The minimum atomic E-state index is -0.794. The van der Waals surface area contributed by atoms with Crippen LogP contribution in [0.1, 0.15) is 53.8 Å². The highest BCUT2D eigenvalue weighted by molar-refractivity contribution is 5.69. The van der Waals surface area contributed by atoms with Crippen LogP contribution in [-0.2, 0) is 17.8 Å². The molecule has 1 atom stereocenters. The molecule has 0 aliphatic heterocycles. The molecule has 114 valence electrons. The molecule has 1 unspecified atom stereocenters. The normalized spacial score (nSPS) is 14.3. The molecule has 1 aromatic rings. The first-order valence-corrected chi connectivity index (χ1v) is 6.96. The van der Waals surface area contributed by atoms with E-state index in [0.29, 0.717) is 13.0 Å². The van der Waals surface area contributed by atoms with Crippen LogP contribution >= 0.6 is 0 Å². The second-order valence-electron chi connectivity index (χ2n) is 7.81. The molecule has 0 saturated carbocycles. The summed E-state index contributed by atoms with van der Waals surface area (Å²) in [7, 11) is 0. The number of nitrogens with zero attached hydrogens (tertiary/aromatic N) is 4. The molecule has 1 N–H and O–H groups in total.